The van der Waals surface area contributed by atoms with Crippen LogP contribution in [0.4, 0.5) is 0 Å². The van der Waals surface area contributed by atoms with Crippen molar-refractivity contribution in [1.82, 2.24) is 20.0 Å². The lowest BCUT2D eigenvalue weighted by atomic mass is 9.96. The molecule has 3 rings (SSSR count). The van der Waals surface area contributed by atoms with Crippen LogP contribution in [0.3, 0.4) is 0 Å². The zero-order valence-corrected chi connectivity index (χ0v) is 28.0. The van der Waals surface area contributed by atoms with Crippen molar-refractivity contribution in [2.24, 2.45) is 11.8 Å². The fourth-order valence-corrected chi connectivity index (χ4v) is 6.37. The molecular weight excluding hydrogens is 556 g/mol. The van der Waals surface area contributed by atoms with Crippen molar-refractivity contribution in [3.63, 3.8) is 0 Å². The number of nitrogens with zero attached hydrogens (tertiary/aromatic N) is 3. The zero-order chi connectivity index (χ0) is 32.6. The molecule has 2 aliphatic rings. The fourth-order valence-electron chi connectivity index (χ4n) is 6.37. The molecule has 0 aliphatic carbocycles. The molecule has 2 fully saturated rings. The summed E-state index contributed by atoms with van der Waals surface area (Å²) in [7, 11) is 3.69. The molecule has 5 atom stereocenters. The number of ether oxygens (including phenoxy) is 1. The highest BCUT2D eigenvalue weighted by Crippen LogP contribution is 2.27. The maximum Gasteiger partial charge on any atom is 0.329 e. The minimum Gasteiger partial charge on any atom is -0.456 e. The Bertz CT molecular complexity index is 1170. The first-order valence-corrected chi connectivity index (χ1v) is 16.4. The fraction of sp³-hybridized carbons (Fsp3) is 0.657. The lowest BCUT2D eigenvalue weighted by Gasteiger charge is -2.36. The monoisotopic (exact) mass is 610 g/mol. The number of carbonyl (C=O) groups is 4. The highest BCUT2D eigenvalue weighted by molar-refractivity contribution is 5.96. The highest BCUT2D eigenvalue weighted by Gasteiger charge is 2.38. The van der Waals surface area contributed by atoms with E-state index < -0.39 is 12.1 Å². The number of likely N-dealkylation sites (tertiary alicyclic amines) is 2. The summed E-state index contributed by atoms with van der Waals surface area (Å²) >= 11 is 0. The van der Waals surface area contributed by atoms with Gasteiger partial charge in [0.25, 0.3) is 0 Å². The van der Waals surface area contributed by atoms with Gasteiger partial charge in [0.2, 0.25) is 17.7 Å². The summed E-state index contributed by atoms with van der Waals surface area (Å²) in [6.07, 6.45) is 6.24. The van der Waals surface area contributed by atoms with Crippen LogP contribution < -0.4 is 5.32 Å². The van der Waals surface area contributed by atoms with Crippen molar-refractivity contribution >= 4 is 23.7 Å². The van der Waals surface area contributed by atoms with E-state index in [2.05, 4.69) is 10.2 Å². The summed E-state index contributed by atoms with van der Waals surface area (Å²) < 4.78 is 5.91. The molecule has 0 spiro atoms. The summed E-state index contributed by atoms with van der Waals surface area (Å²) in [4.78, 5) is 59.4. The van der Waals surface area contributed by atoms with Gasteiger partial charge in [-0.1, -0.05) is 77.4 Å². The molecule has 0 saturated carbocycles. The number of nitrogens with one attached hydrogen (secondary N) is 1. The van der Waals surface area contributed by atoms with E-state index in [4.69, 9.17) is 4.74 Å². The van der Waals surface area contributed by atoms with Gasteiger partial charge in [-0.2, -0.15) is 0 Å². The van der Waals surface area contributed by atoms with Crippen molar-refractivity contribution < 1.29 is 23.9 Å². The number of esters is 1. The van der Waals surface area contributed by atoms with Crippen LogP contribution in [0, 0.1) is 11.8 Å². The average Bonchev–Trinajstić information content (AvgIpc) is 3.50. The van der Waals surface area contributed by atoms with Gasteiger partial charge in [0.15, 0.2) is 0 Å². The molecule has 1 unspecified atom stereocenters. The van der Waals surface area contributed by atoms with Gasteiger partial charge >= 0.3 is 5.97 Å². The summed E-state index contributed by atoms with van der Waals surface area (Å²) in [6, 6.07) is 7.73. The second-order valence-electron chi connectivity index (χ2n) is 13.2. The van der Waals surface area contributed by atoms with Crippen LogP contribution in [0.1, 0.15) is 91.7 Å². The first kappa shape index (κ1) is 35.3. The minimum atomic E-state index is -0.678. The maximum absolute atomic E-state index is 13.8. The third kappa shape index (κ3) is 8.71. The molecule has 3 amide bonds. The van der Waals surface area contributed by atoms with E-state index >= 15 is 0 Å². The van der Waals surface area contributed by atoms with E-state index in [1.807, 2.05) is 78.1 Å². The van der Waals surface area contributed by atoms with Gasteiger partial charge < -0.3 is 19.9 Å². The van der Waals surface area contributed by atoms with Crippen molar-refractivity contribution in [3.8, 4) is 0 Å². The molecule has 244 valence electrons. The van der Waals surface area contributed by atoms with Crippen molar-refractivity contribution in [1.29, 1.82) is 0 Å². The SMILES string of the molecule is CCC(OC(=O)[C@@H]1CCCN1C(=O)C(C)=C[C@H](C(C)C)N(C)C(=O)[C@@H](NC(=O)[C@H]1CCCCN1C)C(C)C)c1ccccc1. The van der Waals surface area contributed by atoms with Gasteiger partial charge in [0.1, 0.15) is 18.2 Å². The van der Waals surface area contributed by atoms with Gasteiger partial charge in [-0.3, -0.25) is 19.3 Å². The van der Waals surface area contributed by atoms with Crippen LogP contribution in [0.2, 0.25) is 0 Å². The van der Waals surface area contributed by atoms with E-state index in [1.54, 1.807) is 23.8 Å². The molecule has 1 N–H and O–H groups in total. The minimum absolute atomic E-state index is 0.00946. The van der Waals surface area contributed by atoms with Gasteiger partial charge in [0, 0.05) is 19.2 Å². The van der Waals surface area contributed by atoms with Crippen molar-refractivity contribution in [2.45, 2.75) is 110 Å². The Labute approximate surface area is 264 Å². The Balaban J connectivity index is 1.73. The van der Waals surface area contributed by atoms with Crippen LogP contribution in [0.15, 0.2) is 42.0 Å². The van der Waals surface area contributed by atoms with E-state index in [0.717, 1.165) is 37.8 Å². The topological polar surface area (TPSA) is 99.3 Å². The van der Waals surface area contributed by atoms with Crippen molar-refractivity contribution in [3.05, 3.63) is 47.5 Å². The Hall–Kier alpha value is -3.20. The van der Waals surface area contributed by atoms with Gasteiger partial charge in [-0.05, 0) is 70.0 Å². The zero-order valence-electron chi connectivity index (χ0n) is 28.0. The van der Waals surface area contributed by atoms with Crippen LogP contribution in [0.5, 0.6) is 0 Å². The second-order valence-corrected chi connectivity index (χ2v) is 13.2. The number of piperidine rings is 1. The number of benzene rings is 1. The number of carbonyl (C=O) groups excluding carboxylic acids is 4. The Morgan fingerprint density at radius 2 is 1.64 bits per heavy atom. The van der Waals surface area contributed by atoms with Gasteiger partial charge in [-0.15, -0.1) is 0 Å². The molecule has 9 heteroatoms. The number of hydrogen-bond donors (Lipinski definition) is 1. The lowest BCUT2D eigenvalue weighted by Crippen LogP contribution is -2.57. The van der Waals surface area contributed by atoms with Gasteiger partial charge in [0.05, 0.1) is 12.1 Å². The van der Waals surface area contributed by atoms with Gasteiger partial charge in [-0.25, -0.2) is 4.79 Å². The average molecular weight is 611 g/mol. The Morgan fingerprint density at radius 3 is 2.23 bits per heavy atom. The number of likely N-dealkylation sites (N-methyl/N-ethyl adjacent to an activating group) is 2. The number of rotatable bonds is 12. The van der Waals surface area contributed by atoms with Crippen LogP contribution >= 0.6 is 0 Å². The molecule has 2 heterocycles. The van der Waals surface area contributed by atoms with E-state index in [9.17, 15) is 19.2 Å². The van der Waals surface area contributed by atoms with Crippen LogP contribution in [-0.2, 0) is 23.9 Å². The predicted molar refractivity (Wildman–Crippen MR) is 172 cm³/mol. The summed E-state index contributed by atoms with van der Waals surface area (Å²) in [5.41, 5.74) is 1.41. The molecule has 1 aromatic rings. The summed E-state index contributed by atoms with van der Waals surface area (Å²) in [5, 5.41) is 3.04. The third-order valence-corrected chi connectivity index (χ3v) is 9.13. The molecule has 9 nitrogen and oxygen atoms in total. The molecule has 44 heavy (non-hydrogen) atoms. The summed E-state index contributed by atoms with van der Waals surface area (Å²) in [5.74, 6) is -1.00. The normalized spacial score (nSPS) is 21.6. The summed E-state index contributed by atoms with van der Waals surface area (Å²) in [6.45, 7) is 12.9. The molecule has 2 saturated heterocycles. The number of amides is 3. The molecule has 0 aromatic heterocycles. The van der Waals surface area contributed by atoms with Crippen LogP contribution in [0.25, 0.3) is 0 Å². The molecular formula is C35H54N4O5. The smallest absolute Gasteiger partial charge is 0.329 e. The first-order valence-electron chi connectivity index (χ1n) is 16.4. The van der Waals surface area contributed by atoms with Crippen molar-refractivity contribution in [2.75, 3.05) is 27.2 Å². The first-order chi connectivity index (χ1) is 20.9. The Morgan fingerprint density at radius 1 is 0.977 bits per heavy atom. The standard InChI is InChI=1S/C35H54N4O5/c1-9-30(26-16-11-10-12-17-26)44-35(43)28-19-15-21-39(28)33(41)25(6)22-29(23(2)3)38(8)34(42)31(24(4)5)36-32(40)27-18-13-14-20-37(27)7/h10-12,16-17,22-24,27-31H,9,13-15,18-21H2,1-8H3,(H,36,40)/t27-,28+,29-,30?,31+/m1/s1. The van der Waals surface area contributed by atoms with E-state index in [0.29, 0.717) is 25.0 Å². The molecule has 2 aliphatic heterocycles. The molecule has 0 bridgehead atoms. The largest absolute Gasteiger partial charge is 0.456 e. The van der Waals surface area contributed by atoms with E-state index in [1.165, 1.54) is 0 Å². The molecule has 1 aromatic carbocycles. The Kier molecular flexibility index (Phi) is 13.0. The highest BCUT2D eigenvalue weighted by atomic mass is 16.5. The lowest BCUT2D eigenvalue weighted by molar-refractivity contribution is -0.157. The third-order valence-electron chi connectivity index (χ3n) is 9.13. The number of hydrogen-bond acceptors (Lipinski definition) is 6. The predicted octanol–water partition coefficient (Wildman–Crippen LogP) is 4.73. The maximum atomic E-state index is 13.8. The molecule has 0 radical (unpaired) electrons. The van der Waals surface area contributed by atoms with Crippen LogP contribution in [-0.4, -0.2) is 89.7 Å². The van der Waals surface area contributed by atoms with E-state index in [-0.39, 0.29) is 53.7 Å². The second kappa shape index (κ2) is 16.2. The quantitative estimate of drug-likeness (QED) is 0.272.